The Morgan fingerprint density at radius 2 is 1.72 bits per heavy atom. The Bertz CT molecular complexity index is 1080. The third-order valence-electron chi connectivity index (χ3n) is 6.53. The number of amides is 2. The highest BCUT2D eigenvalue weighted by Gasteiger charge is 2.43. The van der Waals surface area contributed by atoms with E-state index in [2.05, 4.69) is 15.2 Å². The van der Waals surface area contributed by atoms with E-state index in [4.69, 9.17) is 16.3 Å². The molecule has 36 heavy (non-hydrogen) atoms. The molecule has 2 bridgehead atoms. The number of aromatic nitrogens is 1. The van der Waals surface area contributed by atoms with Crippen molar-refractivity contribution < 1.29 is 27.5 Å². The molecule has 2 aliphatic rings. The highest BCUT2D eigenvalue weighted by molar-refractivity contribution is 6.30. The summed E-state index contributed by atoms with van der Waals surface area (Å²) in [6.45, 7) is 2.05. The lowest BCUT2D eigenvalue weighted by Gasteiger charge is -2.40. The van der Waals surface area contributed by atoms with Crippen LogP contribution in [0.25, 0.3) is 0 Å². The topological polar surface area (TPSA) is 83.6 Å². The number of rotatable bonds is 7. The molecule has 1 unspecified atom stereocenters. The van der Waals surface area contributed by atoms with E-state index in [1.807, 2.05) is 5.32 Å². The van der Waals surface area contributed by atoms with Gasteiger partial charge < -0.3 is 20.3 Å². The van der Waals surface area contributed by atoms with Crippen LogP contribution in [0.3, 0.4) is 0 Å². The molecule has 2 amide bonds. The van der Waals surface area contributed by atoms with Crippen LogP contribution < -0.4 is 20.3 Å². The number of nitrogens with zero attached hydrogens (tertiary/aromatic N) is 2. The molecule has 2 N–H and O–H groups in total. The fourth-order valence-electron chi connectivity index (χ4n) is 4.83. The Balaban J connectivity index is 1.34. The maximum Gasteiger partial charge on any atom is 0.405 e. The first-order valence-electron chi connectivity index (χ1n) is 11.8. The molecule has 1 aromatic carbocycles. The number of halogens is 4. The van der Waals surface area contributed by atoms with Crippen LogP contribution >= 0.6 is 11.6 Å². The van der Waals surface area contributed by atoms with Gasteiger partial charge in [-0.2, -0.15) is 13.2 Å². The average molecular weight is 525 g/mol. The van der Waals surface area contributed by atoms with Gasteiger partial charge in [-0.15, -0.1) is 0 Å². The zero-order valence-electron chi connectivity index (χ0n) is 19.9. The van der Waals surface area contributed by atoms with E-state index in [1.165, 1.54) is 12.3 Å². The molecule has 4 rings (SSSR count). The monoisotopic (exact) mass is 524 g/mol. The molecule has 7 nitrogen and oxygen atoms in total. The molecular weight excluding hydrogens is 497 g/mol. The number of anilines is 1. The highest BCUT2D eigenvalue weighted by atomic mass is 35.5. The maximum atomic E-state index is 13.0. The van der Waals surface area contributed by atoms with Crippen LogP contribution in [0.4, 0.5) is 19.0 Å². The summed E-state index contributed by atoms with van der Waals surface area (Å²) in [5, 5.41) is 5.56. The smallest absolute Gasteiger partial charge is 0.405 e. The summed E-state index contributed by atoms with van der Waals surface area (Å²) in [5.41, 5.74) is -1.01. The van der Waals surface area contributed by atoms with Crippen LogP contribution in [-0.4, -0.2) is 53.2 Å². The number of benzene rings is 1. The third-order valence-corrected chi connectivity index (χ3v) is 6.78. The van der Waals surface area contributed by atoms with Crippen molar-refractivity contribution >= 4 is 29.2 Å². The van der Waals surface area contributed by atoms with Crippen molar-refractivity contribution in [2.75, 3.05) is 11.4 Å². The summed E-state index contributed by atoms with van der Waals surface area (Å²) in [6, 6.07) is 10.3. The van der Waals surface area contributed by atoms with E-state index in [0.717, 1.165) is 25.7 Å². The fourth-order valence-corrected chi connectivity index (χ4v) is 4.95. The zero-order chi connectivity index (χ0) is 26.1. The minimum Gasteiger partial charge on any atom is -0.478 e. The van der Waals surface area contributed by atoms with Crippen LogP contribution in [0, 0.1) is 0 Å². The quantitative estimate of drug-likeness (QED) is 0.557. The van der Waals surface area contributed by atoms with Gasteiger partial charge in [-0.3, -0.25) is 9.59 Å². The minimum atomic E-state index is -4.47. The van der Waals surface area contributed by atoms with E-state index in [0.29, 0.717) is 16.6 Å². The van der Waals surface area contributed by atoms with E-state index in [9.17, 15) is 22.8 Å². The predicted octanol–water partition coefficient (Wildman–Crippen LogP) is 4.50. The average Bonchev–Trinajstić information content (AvgIpc) is 3.08. The summed E-state index contributed by atoms with van der Waals surface area (Å²) in [4.78, 5) is 31.5. The van der Waals surface area contributed by atoms with E-state index in [1.54, 1.807) is 44.2 Å². The van der Waals surface area contributed by atoms with Crippen molar-refractivity contribution in [3.63, 3.8) is 0 Å². The molecule has 2 saturated heterocycles. The molecule has 0 radical (unpaired) electrons. The van der Waals surface area contributed by atoms with Gasteiger partial charge in [0.05, 0.1) is 5.56 Å². The first-order chi connectivity index (χ1) is 16.9. The largest absolute Gasteiger partial charge is 0.478 e. The normalized spacial score (nSPS) is 21.7. The molecule has 2 fully saturated rings. The Morgan fingerprint density at radius 3 is 2.28 bits per heavy atom. The molecule has 3 atom stereocenters. The first kappa shape index (κ1) is 26.1. The molecule has 3 heterocycles. The lowest BCUT2D eigenvalue weighted by molar-refractivity contribution is -0.135. The second kappa shape index (κ2) is 10.2. The number of fused-ring (bicyclic) bond motifs is 2. The number of alkyl halides is 3. The van der Waals surface area contributed by atoms with Gasteiger partial charge in [0.25, 0.3) is 11.8 Å². The van der Waals surface area contributed by atoms with Crippen molar-refractivity contribution in [1.82, 2.24) is 15.6 Å². The van der Waals surface area contributed by atoms with E-state index < -0.39 is 24.2 Å². The van der Waals surface area contributed by atoms with Gasteiger partial charge in [0.1, 0.15) is 18.1 Å². The molecule has 1 aromatic heterocycles. The Hall–Kier alpha value is -3.01. The molecule has 0 spiro atoms. The number of piperidine rings is 1. The number of carbonyl (C=O) groups is 2. The Morgan fingerprint density at radius 1 is 1.08 bits per heavy atom. The number of carbonyl (C=O) groups excluding carboxylic acids is 2. The fraction of sp³-hybridized carbons (Fsp3) is 0.480. The van der Waals surface area contributed by atoms with Crippen molar-refractivity contribution in [3.8, 4) is 5.75 Å². The number of hydrogen-bond acceptors (Lipinski definition) is 5. The summed E-state index contributed by atoms with van der Waals surface area (Å²) in [5.74, 6) is 0.198. The summed E-state index contributed by atoms with van der Waals surface area (Å²) < 4.78 is 42.9. The van der Waals surface area contributed by atoms with Crippen molar-refractivity contribution in [1.29, 1.82) is 0 Å². The number of ether oxygens (including phenoxy) is 1. The standard InChI is InChI=1S/C25H28ClF3N4O3/c1-24(2,36-20-8-4-16(26)5-9-20)23(35)32-17-11-18-6-7-19(12-17)33(18)21-10-3-15(13-30-21)22(34)31-14-25(27,28)29/h3-5,8-10,13,17-19H,6-7,11-12,14H2,1-2H3,(H,31,34)(H,32,35)/t17?,18-,19+. The lowest BCUT2D eigenvalue weighted by atomic mass is 9.96. The number of nitrogens with one attached hydrogen (secondary N) is 2. The minimum absolute atomic E-state index is 0.0215. The van der Waals surface area contributed by atoms with Crippen LogP contribution in [0.15, 0.2) is 42.6 Å². The van der Waals surface area contributed by atoms with Gasteiger partial charge in [0.2, 0.25) is 0 Å². The van der Waals surface area contributed by atoms with Gasteiger partial charge in [-0.1, -0.05) is 11.6 Å². The van der Waals surface area contributed by atoms with Crippen LogP contribution in [0.2, 0.25) is 5.02 Å². The summed E-state index contributed by atoms with van der Waals surface area (Å²) >= 11 is 5.91. The van der Waals surface area contributed by atoms with Crippen molar-refractivity contribution in [2.24, 2.45) is 0 Å². The Kier molecular flexibility index (Phi) is 7.36. The lowest BCUT2D eigenvalue weighted by Crippen LogP contribution is -2.55. The van der Waals surface area contributed by atoms with Gasteiger partial charge in [-0.25, -0.2) is 4.98 Å². The first-order valence-corrected chi connectivity index (χ1v) is 12.1. The second-order valence-electron chi connectivity index (χ2n) is 9.70. The number of pyridine rings is 1. The van der Waals surface area contributed by atoms with Gasteiger partial charge in [0.15, 0.2) is 5.60 Å². The van der Waals surface area contributed by atoms with Gasteiger partial charge >= 0.3 is 6.18 Å². The second-order valence-corrected chi connectivity index (χ2v) is 10.1. The molecule has 0 saturated carbocycles. The Labute approximate surface area is 212 Å². The molecule has 0 aliphatic carbocycles. The summed E-state index contributed by atoms with van der Waals surface area (Å²) in [7, 11) is 0. The van der Waals surface area contributed by atoms with Gasteiger partial charge in [-0.05, 0) is 75.9 Å². The third kappa shape index (κ3) is 6.21. The number of hydrogen-bond donors (Lipinski definition) is 2. The van der Waals surface area contributed by atoms with Crippen LogP contribution in [-0.2, 0) is 4.79 Å². The van der Waals surface area contributed by atoms with Crippen molar-refractivity contribution in [3.05, 3.63) is 53.2 Å². The summed E-state index contributed by atoms with van der Waals surface area (Å²) in [6.07, 6.45) is 0.169. The van der Waals surface area contributed by atoms with Crippen LogP contribution in [0.5, 0.6) is 5.75 Å². The van der Waals surface area contributed by atoms with E-state index in [-0.39, 0.29) is 29.6 Å². The maximum absolute atomic E-state index is 13.0. The zero-order valence-corrected chi connectivity index (χ0v) is 20.7. The molecular formula is C25H28ClF3N4O3. The van der Waals surface area contributed by atoms with Gasteiger partial charge in [0, 0.05) is 29.3 Å². The van der Waals surface area contributed by atoms with Crippen molar-refractivity contribution in [2.45, 2.75) is 69.4 Å². The molecule has 194 valence electrons. The molecule has 11 heteroatoms. The molecule has 2 aromatic rings. The SMILES string of the molecule is CC(C)(Oc1ccc(Cl)cc1)C(=O)NC1C[C@H]2CC[C@@H](C1)N2c1ccc(C(=O)NCC(F)(F)F)cn1. The highest BCUT2D eigenvalue weighted by Crippen LogP contribution is 2.38. The van der Waals surface area contributed by atoms with E-state index >= 15 is 0 Å². The predicted molar refractivity (Wildman–Crippen MR) is 129 cm³/mol. The van der Waals surface area contributed by atoms with Crippen LogP contribution in [0.1, 0.15) is 49.9 Å². The molecule has 2 aliphatic heterocycles.